The zero-order valence-electron chi connectivity index (χ0n) is 6.92. The van der Waals surface area contributed by atoms with Crippen LogP contribution >= 0.6 is 0 Å². The molecule has 68 valence electrons. The number of amides is 1. The lowest BCUT2D eigenvalue weighted by molar-refractivity contribution is -0.125. The van der Waals surface area contributed by atoms with Crippen molar-refractivity contribution in [3.05, 3.63) is 35.9 Å². The summed E-state index contributed by atoms with van der Waals surface area (Å²) in [7, 11) is 0. The van der Waals surface area contributed by atoms with Gasteiger partial charge in [-0.2, -0.15) is 0 Å². The molecule has 1 unspecified atom stereocenters. The predicted octanol–water partition coefficient (Wildman–Crippen LogP) is 0.234. The number of aliphatic imine (C=N–C) groups is 1. The second-order valence-electron chi connectivity index (χ2n) is 2.43. The van der Waals surface area contributed by atoms with Crippen molar-refractivity contribution in [1.82, 2.24) is 0 Å². The van der Waals surface area contributed by atoms with E-state index in [1.807, 2.05) is 0 Å². The van der Waals surface area contributed by atoms with E-state index >= 15 is 0 Å². The Morgan fingerprint density at radius 2 is 2.08 bits per heavy atom. The molecule has 0 radical (unpaired) electrons. The number of carbonyl (C=O) groups is 1. The summed E-state index contributed by atoms with van der Waals surface area (Å²) < 4.78 is 0. The molecule has 0 saturated carbocycles. The minimum atomic E-state index is -1.22. The third-order valence-electron chi connectivity index (χ3n) is 1.55. The van der Waals surface area contributed by atoms with Crippen molar-refractivity contribution in [2.75, 3.05) is 0 Å². The summed E-state index contributed by atoms with van der Waals surface area (Å²) in [4.78, 5) is 14.3. The van der Waals surface area contributed by atoms with Crippen LogP contribution in [0.15, 0.2) is 35.3 Å². The van der Waals surface area contributed by atoms with Crippen LogP contribution in [-0.2, 0) is 4.79 Å². The van der Waals surface area contributed by atoms with E-state index in [0.29, 0.717) is 5.56 Å². The lowest BCUT2D eigenvalue weighted by atomic mass is 10.1. The lowest BCUT2D eigenvalue weighted by Gasteiger charge is -2.04. The van der Waals surface area contributed by atoms with Crippen molar-refractivity contribution in [2.24, 2.45) is 10.7 Å². The number of aliphatic hydroxyl groups excluding tert-OH is 1. The highest BCUT2D eigenvalue weighted by atomic mass is 16.3. The molecule has 0 aliphatic heterocycles. The molecule has 1 aromatic carbocycles. The molecule has 0 aromatic heterocycles. The molecule has 1 rings (SSSR count). The fraction of sp³-hybridized carbons (Fsp3) is 0.111. The number of hydrogen-bond acceptors (Lipinski definition) is 2. The van der Waals surface area contributed by atoms with Crippen LogP contribution in [0.1, 0.15) is 11.7 Å². The van der Waals surface area contributed by atoms with Crippen molar-refractivity contribution in [2.45, 2.75) is 6.10 Å². The molecule has 4 nitrogen and oxygen atoms in total. The quantitative estimate of drug-likeness (QED) is 0.503. The number of nitrogens with zero attached hydrogens (tertiary/aromatic N) is 1. The zero-order valence-corrected chi connectivity index (χ0v) is 6.92. The molecule has 0 saturated heterocycles. The van der Waals surface area contributed by atoms with Crippen LogP contribution in [0.3, 0.4) is 0 Å². The maximum atomic E-state index is 11.0. The molecule has 1 atom stereocenters. The Kier molecular flexibility index (Phi) is 3.16. The summed E-state index contributed by atoms with van der Waals surface area (Å²) >= 11 is 0. The SMILES string of the molecule is NC=NC(=O)C(O)c1ccccc1. The molecule has 1 aromatic rings. The van der Waals surface area contributed by atoms with Gasteiger partial charge >= 0.3 is 0 Å². The number of aliphatic hydroxyl groups is 1. The van der Waals surface area contributed by atoms with Gasteiger partial charge in [0.05, 0.1) is 6.34 Å². The van der Waals surface area contributed by atoms with E-state index in [2.05, 4.69) is 4.99 Å². The first-order valence-electron chi connectivity index (χ1n) is 3.77. The molecule has 0 spiro atoms. The maximum Gasteiger partial charge on any atom is 0.280 e. The lowest BCUT2D eigenvalue weighted by Crippen LogP contribution is -2.10. The van der Waals surface area contributed by atoms with E-state index < -0.39 is 12.0 Å². The van der Waals surface area contributed by atoms with Gasteiger partial charge in [0.25, 0.3) is 5.91 Å². The number of hydrogen-bond donors (Lipinski definition) is 2. The highest BCUT2D eigenvalue weighted by Gasteiger charge is 2.14. The highest BCUT2D eigenvalue weighted by molar-refractivity contribution is 5.88. The minimum Gasteiger partial charge on any atom is -0.390 e. The number of benzene rings is 1. The van der Waals surface area contributed by atoms with Crippen LogP contribution in [0.5, 0.6) is 0 Å². The standard InChI is InChI=1S/C9H10N2O2/c10-6-11-9(13)8(12)7-4-2-1-3-5-7/h1-6,8,12H,(H2,10,11,13). The monoisotopic (exact) mass is 178 g/mol. The third-order valence-corrected chi connectivity index (χ3v) is 1.55. The highest BCUT2D eigenvalue weighted by Crippen LogP contribution is 2.12. The van der Waals surface area contributed by atoms with Gasteiger partial charge in [0.2, 0.25) is 0 Å². The molecule has 1 amide bonds. The van der Waals surface area contributed by atoms with Gasteiger partial charge in [-0.3, -0.25) is 4.79 Å². The number of nitrogens with two attached hydrogens (primary N) is 1. The smallest absolute Gasteiger partial charge is 0.280 e. The molecule has 0 aliphatic rings. The summed E-state index contributed by atoms with van der Waals surface area (Å²) in [5, 5.41) is 9.40. The van der Waals surface area contributed by atoms with E-state index in [4.69, 9.17) is 5.73 Å². The molecule has 4 heteroatoms. The summed E-state index contributed by atoms with van der Waals surface area (Å²) in [5.74, 6) is -0.659. The van der Waals surface area contributed by atoms with E-state index in [0.717, 1.165) is 6.34 Å². The molecular formula is C9H10N2O2. The van der Waals surface area contributed by atoms with Crippen LogP contribution < -0.4 is 5.73 Å². The fourth-order valence-electron chi connectivity index (χ4n) is 0.922. The van der Waals surface area contributed by atoms with Crippen LogP contribution in [0.25, 0.3) is 0 Å². The topological polar surface area (TPSA) is 75.7 Å². The average molecular weight is 178 g/mol. The van der Waals surface area contributed by atoms with Gasteiger partial charge in [-0.05, 0) is 5.56 Å². The first-order chi connectivity index (χ1) is 6.25. The Labute approximate surface area is 75.7 Å². The molecule has 0 heterocycles. The van der Waals surface area contributed by atoms with Gasteiger partial charge < -0.3 is 10.8 Å². The van der Waals surface area contributed by atoms with Crippen LogP contribution in [0.2, 0.25) is 0 Å². The van der Waals surface area contributed by atoms with Crippen LogP contribution in [0.4, 0.5) is 0 Å². The first-order valence-corrected chi connectivity index (χ1v) is 3.77. The number of rotatable bonds is 2. The molecule has 0 aliphatic carbocycles. The van der Waals surface area contributed by atoms with Gasteiger partial charge in [0.15, 0.2) is 6.10 Å². The van der Waals surface area contributed by atoms with Gasteiger partial charge in [-0.1, -0.05) is 30.3 Å². The van der Waals surface area contributed by atoms with Crippen molar-refractivity contribution in [1.29, 1.82) is 0 Å². The Balaban J connectivity index is 2.79. The van der Waals surface area contributed by atoms with Crippen molar-refractivity contribution < 1.29 is 9.90 Å². The van der Waals surface area contributed by atoms with Crippen LogP contribution in [-0.4, -0.2) is 17.4 Å². The van der Waals surface area contributed by atoms with E-state index in [1.54, 1.807) is 30.3 Å². The maximum absolute atomic E-state index is 11.0. The van der Waals surface area contributed by atoms with E-state index in [1.165, 1.54) is 0 Å². The van der Waals surface area contributed by atoms with Gasteiger partial charge in [-0.15, -0.1) is 0 Å². The van der Waals surface area contributed by atoms with Gasteiger partial charge in [0.1, 0.15) is 0 Å². The van der Waals surface area contributed by atoms with Crippen molar-refractivity contribution in [3.63, 3.8) is 0 Å². The van der Waals surface area contributed by atoms with Crippen LogP contribution in [0, 0.1) is 0 Å². The molecule has 3 N–H and O–H groups in total. The summed E-state index contributed by atoms with van der Waals surface area (Å²) in [6.07, 6.45) is -0.352. The van der Waals surface area contributed by atoms with Crippen molar-refractivity contribution in [3.8, 4) is 0 Å². The largest absolute Gasteiger partial charge is 0.390 e. The van der Waals surface area contributed by atoms with Gasteiger partial charge in [-0.25, -0.2) is 4.99 Å². The minimum absolute atomic E-state index is 0.512. The Morgan fingerprint density at radius 1 is 1.46 bits per heavy atom. The Bertz CT molecular complexity index is 309. The normalized spacial score (nSPS) is 13.0. The Morgan fingerprint density at radius 3 is 2.62 bits per heavy atom. The Hall–Kier alpha value is -1.68. The first kappa shape index (κ1) is 9.41. The molecule has 0 bridgehead atoms. The zero-order chi connectivity index (χ0) is 9.68. The predicted molar refractivity (Wildman–Crippen MR) is 49.1 cm³/mol. The fourth-order valence-corrected chi connectivity index (χ4v) is 0.922. The second-order valence-corrected chi connectivity index (χ2v) is 2.43. The van der Waals surface area contributed by atoms with Crippen molar-refractivity contribution >= 4 is 12.2 Å². The summed E-state index contributed by atoms with van der Waals surface area (Å²) in [6, 6.07) is 8.56. The van der Waals surface area contributed by atoms with Gasteiger partial charge in [0, 0.05) is 0 Å². The third kappa shape index (κ3) is 2.38. The molecule has 0 fully saturated rings. The number of carbonyl (C=O) groups excluding carboxylic acids is 1. The van der Waals surface area contributed by atoms with E-state index in [9.17, 15) is 9.90 Å². The summed E-state index contributed by atoms with van der Waals surface area (Å²) in [6.45, 7) is 0. The second kappa shape index (κ2) is 4.37. The summed E-state index contributed by atoms with van der Waals surface area (Å²) in [5.41, 5.74) is 5.43. The average Bonchev–Trinajstić information content (AvgIpc) is 2.18. The van der Waals surface area contributed by atoms with E-state index in [-0.39, 0.29) is 0 Å². The molecule has 13 heavy (non-hydrogen) atoms. The molecular weight excluding hydrogens is 168 g/mol.